The molecule has 0 aromatic heterocycles. The molecule has 21 heavy (non-hydrogen) atoms. The monoisotopic (exact) mass is 305 g/mol. The lowest BCUT2D eigenvalue weighted by Crippen LogP contribution is -2.22. The number of hydrogen-bond acceptors (Lipinski definition) is 4. The van der Waals surface area contributed by atoms with Crippen LogP contribution in [0.5, 0.6) is 5.75 Å². The van der Waals surface area contributed by atoms with Gasteiger partial charge in [-0.1, -0.05) is 30.3 Å². The number of methoxy groups -OCH3 is 1. The van der Waals surface area contributed by atoms with Crippen LogP contribution in [0.2, 0.25) is 0 Å². The Labute approximate surface area is 125 Å². The Kier molecular flexibility index (Phi) is 4.65. The van der Waals surface area contributed by atoms with E-state index >= 15 is 0 Å². The van der Waals surface area contributed by atoms with Gasteiger partial charge in [-0.05, 0) is 30.7 Å². The molecule has 0 amide bonds. The molecule has 0 aliphatic rings. The van der Waals surface area contributed by atoms with Crippen molar-refractivity contribution in [3.8, 4) is 5.75 Å². The molecular weight excluding hydrogens is 286 g/mol. The van der Waals surface area contributed by atoms with Gasteiger partial charge in [0, 0.05) is 11.6 Å². The maximum atomic E-state index is 12.4. The highest BCUT2D eigenvalue weighted by Crippen LogP contribution is 2.26. The highest BCUT2D eigenvalue weighted by molar-refractivity contribution is 7.91. The van der Waals surface area contributed by atoms with Crippen LogP contribution in [0.1, 0.15) is 17.2 Å². The van der Waals surface area contributed by atoms with E-state index < -0.39 is 15.9 Å². The number of nitrogens with two attached hydrogens (primary N) is 1. The van der Waals surface area contributed by atoms with Gasteiger partial charge in [-0.3, -0.25) is 0 Å². The topological polar surface area (TPSA) is 69.4 Å². The fraction of sp³-hybridized carbons (Fsp3) is 0.250. The van der Waals surface area contributed by atoms with Crippen molar-refractivity contribution in [2.45, 2.75) is 17.9 Å². The molecule has 0 aliphatic heterocycles. The molecule has 1 unspecified atom stereocenters. The van der Waals surface area contributed by atoms with Gasteiger partial charge in [-0.15, -0.1) is 0 Å². The minimum absolute atomic E-state index is 0.156. The summed E-state index contributed by atoms with van der Waals surface area (Å²) in [4.78, 5) is 0.299. The SMILES string of the molecule is COc1ccccc1C(N)CS(=O)(=O)c1cccc(C)c1. The molecule has 2 rings (SSSR count). The average Bonchev–Trinajstić information content (AvgIpc) is 2.46. The highest BCUT2D eigenvalue weighted by Gasteiger charge is 2.22. The van der Waals surface area contributed by atoms with E-state index in [1.807, 2.05) is 25.1 Å². The Morgan fingerprint density at radius 3 is 2.52 bits per heavy atom. The van der Waals surface area contributed by atoms with Crippen LogP contribution in [0.25, 0.3) is 0 Å². The molecule has 5 heteroatoms. The van der Waals surface area contributed by atoms with Crippen LogP contribution < -0.4 is 10.5 Å². The van der Waals surface area contributed by atoms with Crippen molar-refractivity contribution in [2.75, 3.05) is 12.9 Å². The lowest BCUT2D eigenvalue weighted by Gasteiger charge is -2.16. The van der Waals surface area contributed by atoms with Crippen LogP contribution in [0, 0.1) is 6.92 Å². The van der Waals surface area contributed by atoms with E-state index in [4.69, 9.17) is 10.5 Å². The number of hydrogen-bond donors (Lipinski definition) is 1. The zero-order valence-electron chi connectivity index (χ0n) is 12.1. The van der Waals surface area contributed by atoms with Crippen molar-refractivity contribution in [3.05, 3.63) is 59.7 Å². The van der Waals surface area contributed by atoms with Gasteiger partial charge in [0.2, 0.25) is 0 Å². The van der Waals surface area contributed by atoms with E-state index in [2.05, 4.69) is 0 Å². The third-order valence-electron chi connectivity index (χ3n) is 3.29. The third kappa shape index (κ3) is 3.62. The zero-order valence-corrected chi connectivity index (χ0v) is 12.9. The molecule has 2 N–H and O–H groups in total. The number of sulfone groups is 1. The Bertz CT molecular complexity index is 726. The maximum absolute atomic E-state index is 12.4. The van der Waals surface area contributed by atoms with E-state index in [-0.39, 0.29) is 5.75 Å². The summed E-state index contributed by atoms with van der Waals surface area (Å²) in [5.41, 5.74) is 7.67. The number of aryl methyl sites for hydroxylation is 1. The fourth-order valence-corrected chi connectivity index (χ4v) is 3.70. The van der Waals surface area contributed by atoms with Crippen molar-refractivity contribution in [2.24, 2.45) is 5.73 Å². The molecule has 1 atom stereocenters. The predicted octanol–water partition coefficient (Wildman–Crippen LogP) is 2.48. The molecule has 4 nitrogen and oxygen atoms in total. The third-order valence-corrected chi connectivity index (χ3v) is 5.06. The van der Waals surface area contributed by atoms with E-state index in [1.54, 1.807) is 37.4 Å². The quantitative estimate of drug-likeness (QED) is 0.921. The van der Waals surface area contributed by atoms with Crippen LogP contribution in [0.15, 0.2) is 53.4 Å². The van der Waals surface area contributed by atoms with Crippen LogP contribution in [-0.4, -0.2) is 21.3 Å². The van der Waals surface area contributed by atoms with Crippen molar-refractivity contribution < 1.29 is 13.2 Å². The lowest BCUT2D eigenvalue weighted by atomic mass is 10.1. The van der Waals surface area contributed by atoms with Crippen molar-refractivity contribution >= 4 is 9.84 Å². The van der Waals surface area contributed by atoms with E-state index in [0.717, 1.165) is 5.56 Å². The molecule has 0 aliphatic carbocycles. The zero-order chi connectivity index (χ0) is 15.5. The van der Waals surface area contributed by atoms with Crippen LogP contribution >= 0.6 is 0 Å². The second-order valence-corrected chi connectivity index (χ2v) is 6.98. The van der Waals surface area contributed by atoms with Crippen molar-refractivity contribution in [3.63, 3.8) is 0 Å². The van der Waals surface area contributed by atoms with Gasteiger partial charge in [-0.25, -0.2) is 8.42 Å². The molecule has 0 heterocycles. The minimum atomic E-state index is -3.44. The normalized spacial score (nSPS) is 12.9. The van der Waals surface area contributed by atoms with Gasteiger partial charge in [0.25, 0.3) is 0 Å². The molecule has 0 spiro atoms. The lowest BCUT2D eigenvalue weighted by molar-refractivity contribution is 0.407. The summed E-state index contributed by atoms with van der Waals surface area (Å²) in [7, 11) is -1.89. The first-order chi connectivity index (χ1) is 9.94. The maximum Gasteiger partial charge on any atom is 0.180 e. The second-order valence-electron chi connectivity index (χ2n) is 4.95. The summed E-state index contributed by atoms with van der Waals surface area (Å²) in [6.45, 7) is 1.86. The first-order valence-electron chi connectivity index (χ1n) is 6.62. The first-order valence-corrected chi connectivity index (χ1v) is 8.27. The Morgan fingerprint density at radius 2 is 1.86 bits per heavy atom. The summed E-state index contributed by atoms with van der Waals surface area (Å²) >= 11 is 0. The van der Waals surface area contributed by atoms with Gasteiger partial charge in [0.1, 0.15) is 5.75 Å². The van der Waals surface area contributed by atoms with E-state index in [0.29, 0.717) is 16.2 Å². The molecule has 0 radical (unpaired) electrons. The van der Waals surface area contributed by atoms with Gasteiger partial charge in [0.15, 0.2) is 9.84 Å². The predicted molar refractivity (Wildman–Crippen MR) is 83.2 cm³/mol. The Balaban J connectivity index is 2.28. The standard InChI is InChI=1S/C16H19NO3S/c1-12-6-5-7-13(10-12)21(18,19)11-15(17)14-8-3-4-9-16(14)20-2/h3-10,15H,11,17H2,1-2H3. The summed E-state index contributed by atoms with van der Waals surface area (Å²) in [6, 6.07) is 13.4. The molecule has 2 aromatic carbocycles. The number of rotatable bonds is 5. The Morgan fingerprint density at radius 1 is 1.14 bits per heavy atom. The van der Waals surface area contributed by atoms with Crippen molar-refractivity contribution in [1.82, 2.24) is 0 Å². The number of ether oxygens (including phenoxy) is 1. The number of para-hydroxylation sites is 1. The van der Waals surface area contributed by atoms with Gasteiger partial charge >= 0.3 is 0 Å². The van der Waals surface area contributed by atoms with Gasteiger partial charge < -0.3 is 10.5 Å². The molecule has 0 saturated carbocycles. The highest BCUT2D eigenvalue weighted by atomic mass is 32.2. The van der Waals surface area contributed by atoms with Gasteiger partial charge in [0.05, 0.1) is 17.8 Å². The summed E-state index contributed by atoms with van der Waals surface area (Å²) in [6.07, 6.45) is 0. The molecule has 112 valence electrons. The number of benzene rings is 2. The second kappa shape index (κ2) is 6.28. The Hall–Kier alpha value is -1.85. The van der Waals surface area contributed by atoms with Gasteiger partial charge in [-0.2, -0.15) is 0 Å². The molecule has 0 bridgehead atoms. The van der Waals surface area contributed by atoms with Crippen LogP contribution in [-0.2, 0) is 9.84 Å². The summed E-state index contributed by atoms with van der Waals surface area (Å²) < 4.78 is 30.1. The smallest absolute Gasteiger partial charge is 0.180 e. The van der Waals surface area contributed by atoms with E-state index in [1.165, 1.54) is 0 Å². The van der Waals surface area contributed by atoms with E-state index in [9.17, 15) is 8.42 Å². The largest absolute Gasteiger partial charge is 0.496 e. The first kappa shape index (κ1) is 15.5. The summed E-state index contributed by atoms with van der Waals surface area (Å²) in [5, 5.41) is 0. The van der Waals surface area contributed by atoms with Crippen molar-refractivity contribution in [1.29, 1.82) is 0 Å². The van der Waals surface area contributed by atoms with Crippen LogP contribution in [0.4, 0.5) is 0 Å². The minimum Gasteiger partial charge on any atom is -0.496 e. The molecule has 0 saturated heterocycles. The fourth-order valence-electron chi connectivity index (χ4n) is 2.20. The van der Waals surface area contributed by atoms with Crippen LogP contribution in [0.3, 0.4) is 0 Å². The molecular formula is C16H19NO3S. The summed E-state index contributed by atoms with van der Waals surface area (Å²) in [5.74, 6) is 0.445. The average molecular weight is 305 g/mol. The molecule has 2 aromatic rings. The molecule has 0 fully saturated rings.